The van der Waals surface area contributed by atoms with Gasteiger partial charge in [0.25, 0.3) is 0 Å². The van der Waals surface area contributed by atoms with Gasteiger partial charge in [-0.25, -0.2) is 9.18 Å². The van der Waals surface area contributed by atoms with Gasteiger partial charge in [0.2, 0.25) is 5.82 Å². The minimum Gasteiger partial charge on any atom is -0.494 e. The quantitative estimate of drug-likeness (QED) is 0.314. The summed E-state index contributed by atoms with van der Waals surface area (Å²) in [6.07, 6.45) is 8.73. The Morgan fingerprint density at radius 1 is 0.903 bits per heavy atom. The predicted octanol–water partition coefficient (Wildman–Crippen LogP) is 7.12. The zero-order valence-corrected chi connectivity index (χ0v) is 18.5. The second-order valence-corrected chi connectivity index (χ2v) is 8.41. The minimum atomic E-state index is -1.11. The molecule has 1 saturated carbocycles. The van der Waals surface area contributed by atoms with Crippen molar-refractivity contribution in [1.82, 2.24) is 0 Å². The maximum atomic E-state index is 14.6. The first-order valence-electron chi connectivity index (χ1n) is 11.4. The van der Waals surface area contributed by atoms with Crippen LogP contribution in [0.4, 0.5) is 8.78 Å². The average molecular weight is 431 g/mol. The molecule has 0 spiro atoms. The van der Waals surface area contributed by atoms with Crippen molar-refractivity contribution in [3.05, 3.63) is 59.2 Å². The highest BCUT2D eigenvalue weighted by molar-refractivity contribution is 5.91. The number of hydrogen-bond donors (Lipinski definition) is 0. The number of carbonyl (C=O) groups is 1. The first kappa shape index (κ1) is 23.2. The Kier molecular flexibility index (Phi) is 8.44. The Morgan fingerprint density at radius 3 is 2.16 bits per heavy atom. The third-order valence-electron chi connectivity index (χ3n) is 6.22. The van der Waals surface area contributed by atoms with Gasteiger partial charge in [0.15, 0.2) is 11.6 Å². The molecule has 3 nitrogen and oxygen atoms in total. The lowest BCUT2D eigenvalue weighted by Crippen LogP contribution is -2.15. The third-order valence-corrected chi connectivity index (χ3v) is 6.22. The molecule has 1 aliphatic rings. The summed E-state index contributed by atoms with van der Waals surface area (Å²) in [5, 5.41) is 0. The van der Waals surface area contributed by atoms with E-state index in [1.165, 1.54) is 62.8 Å². The van der Waals surface area contributed by atoms with E-state index < -0.39 is 17.6 Å². The van der Waals surface area contributed by atoms with Gasteiger partial charge in [0.1, 0.15) is 5.75 Å². The summed E-state index contributed by atoms with van der Waals surface area (Å²) in [6, 6.07) is 9.21. The van der Waals surface area contributed by atoms with Crippen LogP contribution >= 0.6 is 0 Å². The fraction of sp³-hybridized carbons (Fsp3) is 0.500. The topological polar surface area (TPSA) is 35.5 Å². The van der Waals surface area contributed by atoms with Crippen LogP contribution < -0.4 is 9.47 Å². The van der Waals surface area contributed by atoms with Gasteiger partial charge in [0, 0.05) is 0 Å². The summed E-state index contributed by atoms with van der Waals surface area (Å²) >= 11 is 0. The highest BCUT2D eigenvalue weighted by atomic mass is 19.2. The largest absolute Gasteiger partial charge is 0.494 e. The molecule has 0 aromatic heterocycles. The van der Waals surface area contributed by atoms with Crippen LogP contribution in [-0.2, 0) is 6.42 Å². The molecule has 0 aliphatic heterocycles. The Morgan fingerprint density at radius 2 is 1.55 bits per heavy atom. The van der Waals surface area contributed by atoms with Gasteiger partial charge in [-0.1, -0.05) is 51.5 Å². The van der Waals surface area contributed by atoms with Crippen LogP contribution in [0.5, 0.6) is 11.5 Å². The third kappa shape index (κ3) is 6.28. The SMILES string of the molecule is CCCC1CCC(CCc2ccc(OC(=O)c3ccc(OCC)cc3)c(F)c2F)CC1. The Hall–Kier alpha value is -2.43. The maximum Gasteiger partial charge on any atom is 0.343 e. The van der Waals surface area contributed by atoms with E-state index in [2.05, 4.69) is 6.92 Å². The predicted molar refractivity (Wildman–Crippen MR) is 118 cm³/mol. The number of benzene rings is 2. The van der Waals surface area contributed by atoms with Crippen molar-refractivity contribution in [2.75, 3.05) is 6.61 Å². The van der Waals surface area contributed by atoms with Gasteiger partial charge < -0.3 is 9.47 Å². The van der Waals surface area contributed by atoms with Crippen molar-refractivity contribution < 1.29 is 23.0 Å². The molecule has 3 rings (SSSR count). The highest BCUT2D eigenvalue weighted by Gasteiger charge is 2.22. The van der Waals surface area contributed by atoms with Crippen molar-refractivity contribution in [2.24, 2.45) is 11.8 Å². The monoisotopic (exact) mass is 430 g/mol. The van der Waals surface area contributed by atoms with Gasteiger partial charge in [-0.2, -0.15) is 4.39 Å². The average Bonchev–Trinajstić information content (AvgIpc) is 2.78. The summed E-state index contributed by atoms with van der Waals surface area (Å²) < 4.78 is 39.5. The van der Waals surface area contributed by atoms with E-state index in [1.54, 1.807) is 12.1 Å². The van der Waals surface area contributed by atoms with Crippen LogP contribution in [0, 0.1) is 23.5 Å². The molecule has 0 heterocycles. The molecule has 31 heavy (non-hydrogen) atoms. The van der Waals surface area contributed by atoms with E-state index in [1.807, 2.05) is 6.92 Å². The summed E-state index contributed by atoms with van der Waals surface area (Å²) in [5.74, 6) is -1.12. The molecule has 168 valence electrons. The van der Waals surface area contributed by atoms with Crippen LogP contribution in [0.25, 0.3) is 0 Å². The van der Waals surface area contributed by atoms with Gasteiger partial charge in [-0.15, -0.1) is 0 Å². The molecule has 1 fully saturated rings. The Balaban J connectivity index is 1.56. The summed E-state index contributed by atoms with van der Waals surface area (Å²) in [4.78, 5) is 12.3. The van der Waals surface area contributed by atoms with E-state index in [0.29, 0.717) is 30.3 Å². The molecule has 5 heteroatoms. The molecule has 2 aromatic rings. The fourth-order valence-electron chi connectivity index (χ4n) is 4.43. The van der Waals surface area contributed by atoms with Gasteiger partial charge in [0.05, 0.1) is 12.2 Å². The van der Waals surface area contributed by atoms with E-state index in [0.717, 1.165) is 12.3 Å². The standard InChI is InChI=1S/C26H32F2O3/c1-3-5-18-6-8-19(9-7-18)10-11-20-14-17-23(25(28)24(20)27)31-26(29)21-12-15-22(16-13-21)30-4-2/h12-19H,3-11H2,1-2H3. The van der Waals surface area contributed by atoms with E-state index in [9.17, 15) is 13.6 Å². The number of aryl methyl sites for hydroxylation is 1. The second-order valence-electron chi connectivity index (χ2n) is 8.41. The van der Waals surface area contributed by atoms with Crippen molar-refractivity contribution >= 4 is 5.97 Å². The number of rotatable bonds is 9. The van der Waals surface area contributed by atoms with Crippen molar-refractivity contribution in [1.29, 1.82) is 0 Å². The molecule has 0 N–H and O–H groups in total. The Labute approximate surface area is 183 Å². The minimum absolute atomic E-state index is 0.242. The normalized spacial score (nSPS) is 18.6. The zero-order chi connectivity index (χ0) is 22.2. The van der Waals surface area contributed by atoms with Crippen LogP contribution in [-0.4, -0.2) is 12.6 Å². The lowest BCUT2D eigenvalue weighted by Gasteiger charge is -2.28. The molecule has 0 amide bonds. The van der Waals surface area contributed by atoms with Crippen molar-refractivity contribution in [3.8, 4) is 11.5 Å². The molecule has 2 aromatic carbocycles. The summed E-state index contributed by atoms with van der Waals surface area (Å²) in [7, 11) is 0. The van der Waals surface area contributed by atoms with E-state index in [-0.39, 0.29) is 11.3 Å². The highest BCUT2D eigenvalue weighted by Crippen LogP contribution is 2.34. The van der Waals surface area contributed by atoms with E-state index >= 15 is 0 Å². The van der Waals surface area contributed by atoms with Gasteiger partial charge >= 0.3 is 5.97 Å². The second kappa shape index (κ2) is 11.3. The molecule has 0 atom stereocenters. The fourth-order valence-corrected chi connectivity index (χ4v) is 4.43. The van der Waals surface area contributed by atoms with Crippen molar-refractivity contribution in [2.45, 2.75) is 65.2 Å². The molecule has 0 radical (unpaired) electrons. The van der Waals surface area contributed by atoms with Crippen LogP contribution in [0.1, 0.15) is 74.7 Å². The smallest absolute Gasteiger partial charge is 0.343 e. The first-order chi connectivity index (χ1) is 15.0. The summed E-state index contributed by atoms with van der Waals surface area (Å²) in [5.41, 5.74) is 0.583. The van der Waals surface area contributed by atoms with Gasteiger partial charge in [-0.05, 0) is 67.5 Å². The number of carbonyl (C=O) groups excluding carboxylic acids is 1. The number of ether oxygens (including phenoxy) is 2. The molecule has 1 aliphatic carbocycles. The molecule has 0 unspecified atom stereocenters. The first-order valence-corrected chi connectivity index (χ1v) is 11.4. The van der Waals surface area contributed by atoms with Crippen molar-refractivity contribution in [3.63, 3.8) is 0 Å². The summed E-state index contributed by atoms with van der Waals surface area (Å²) in [6.45, 7) is 4.60. The molecular weight excluding hydrogens is 398 g/mol. The lowest BCUT2D eigenvalue weighted by molar-refractivity contribution is 0.0726. The van der Waals surface area contributed by atoms with Crippen LogP contribution in [0.2, 0.25) is 0 Å². The lowest BCUT2D eigenvalue weighted by atomic mass is 9.78. The number of hydrogen-bond acceptors (Lipinski definition) is 3. The van der Waals surface area contributed by atoms with E-state index in [4.69, 9.17) is 9.47 Å². The Bertz CT molecular complexity index is 856. The number of halogens is 2. The van der Waals surface area contributed by atoms with Crippen LogP contribution in [0.15, 0.2) is 36.4 Å². The zero-order valence-electron chi connectivity index (χ0n) is 18.5. The van der Waals surface area contributed by atoms with Crippen LogP contribution in [0.3, 0.4) is 0 Å². The van der Waals surface area contributed by atoms with Gasteiger partial charge in [-0.3, -0.25) is 0 Å². The number of esters is 1. The maximum absolute atomic E-state index is 14.6. The molecule has 0 bridgehead atoms. The molecular formula is C26H32F2O3. The molecule has 0 saturated heterocycles.